The number of ether oxygens (including phenoxy) is 10. The van der Waals surface area contributed by atoms with Crippen LogP contribution in [0.15, 0.2) is 116 Å². The van der Waals surface area contributed by atoms with Crippen molar-refractivity contribution in [3.8, 4) is 0 Å². The number of phosphoric ester groups is 2. The highest BCUT2D eigenvalue weighted by molar-refractivity contribution is 8.08. The van der Waals surface area contributed by atoms with E-state index in [2.05, 4.69) is 75.5 Å². The maximum Gasteiger partial charge on any atom is 0.481 e. The lowest BCUT2D eigenvalue weighted by Gasteiger charge is -2.44. The van der Waals surface area contributed by atoms with Crippen LogP contribution < -0.4 is 11.1 Å². The summed E-state index contributed by atoms with van der Waals surface area (Å²) in [5.41, 5.74) is 8.92. The van der Waals surface area contributed by atoms with Crippen LogP contribution in [-0.4, -0.2) is 211 Å². The Balaban J connectivity index is 0.000000273. The van der Waals surface area contributed by atoms with Crippen molar-refractivity contribution in [2.75, 3.05) is 37.5 Å². The summed E-state index contributed by atoms with van der Waals surface area (Å²) in [6.45, 7) is 4.49. The van der Waals surface area contributed by atoms with Gasteiger partial charge in [0, 0.05) is 38.5 Å². The molecule has 10 unspecified atom stereocenters. The zero-order chi connectivity index (χ0) is 96.9. The van der Waals surface area contributed by atoms with E-state index >= 15 is 8.78 Å². The summed E-state index contributed by atoms with van der Waals surface area (Å²) in [7, 11) is -10.9. The molecular formula is C88H126F2N10O28P4S2. The standard InChI is InChI=1S/C55H72FN5O14P2S.C33H54FN5O14P2S/c1-7-8-9-10-11-12-13-14-24-31-44(63)67-32-42(56)46-36(2)37(3)47(69-38(4)62)53(71-46)74-76(64,65)75-77(66,78)68-33-43-48-49(73-54(5,6)72-48)52(70-43)61-35-59-45-50(57-34-58-51(45)61)60-55(39-25-18-15-19-26-39,40-27-20-16-21-28-40)41-29-22-17-23-30-41;1-5-6-7-8-9-10-11-12-13-14-24(41)47-15-22(34)28-19(2)20(3)29(49-21(4)40)33(51-28)52-54(44,45)53-55(46,56)48-16-23-26(42)27(43)32(50-23)39-18-38-25-30(35)36-17-37-31(25)39/h15-23,25-30,34-37,42-43,46-49,52-53H,7-14,24,31-33H2,1-6H3,(H,64,65)(H,66,78)(H,57,58,60);17-20,22-23,26-29,32-33,42-43H,5-16H2,1-4H3,(H,44,45)(H,46,56)(H2,35,36,37)/t36-,37-,42-,43+,46?,47?,48-,49?,52+,53-,77?;19-,20-,22-,23+,26-,27?,28?,29?,32+,33-,55?/m00/s1. The Hall–Kier alpha value is -6.86. The number of nitrogens with one attached hydrogen (secondary N) is 1. The largest absolute Gasteiger partial charge is 0.481 e. The SMILES string of the molecule is CCCCCCCCCCCC(=O)OC[C@H](F)C1O[C@@H](OP(=O)(O)OP(O)(=S)OC[C@H]2O[C@@H](n3cnc4c(N)ncnc43)C(O)[C@H]2O)C(OC(C)=O)[C@@H](C)[C@@H]1C.CCCCCCCCCCCC(=O)OC[C@H](F)C1O[C@@H](OP(=O)(O)OP(O)(=S)OC[C@H]2O[C@@H](n3cnc4c(NC(c5ccccc5)(c5ccccc5)c5ccccc5)ncnc43)C3OC(C)(C)O[C@H]32)C(OC(C)=O)[C@@H](C)[C@@H]1C. The number of nitrogen functional groups attached to an aromatic ring is 1. The van der Waals surface area contributed by atoms with Crippen LogP contribution in [0.5, 0.6) is 0 Å². The first kappa shape index (κ1) is 108. The van der Waals surface area contributed by atoms with E-state index in [-0.39, 0.29) is 29.8 Å². The van der Waals surface area contributed by atoms with Crippen molar-refractivity contribution in [2.45, 2.75) is 307 Å². The predicted molar refractivity (Wildman–Crippen MR) is 491 cm³/mol. The van der Waals surface area contributed by atoms with Crippen molar-refractivity contribution in [3.05, 3.63) is 133 Å². The number of aliphatic hydroxyl groups is 2. The number of hydrogen-bond donors (Lipinski definition) is 8. The van der Waals surface area contributed by atoms with Gasteiger partial charge in [0.1, 0.15) is 73.5 Å². The Labute approximate surface area is 787 Å². The molecule has 0 aliphatic carbocycles. The number of imidazole rings is 2. The maximum atomic E-state index is 15.9. The third kappa shape index (κ3) is 28.9. The van der Waals surface area contributed by atoms with Gasteiger partial charge in [-0.25, -0.2) is 56.4 Å². The lowest BCUT2D eigenvalue weighted by atomic mass is 9.77. The van der Waals surface area contributed by atoms with Crippen molar-refractivity contribution < 1.29 is 141 Å². The number of nitrogens with two attached hydrogens (primary N) is 1. The molecule has 0 saturated carbocycles. The Morgan fingerprint density at radius 1 is 0.522 bits per heavy atom. The minimum absolute atomic E-state index is 0.0672. The van der Waals surface area contributed by atoms with Crippen LogP contribution in [0.2, 0.25) is 0 Å². The van der Waals surface area contributed by atoms with Gasteiger partial charge in [-0.1, -0.05) is 235 Å². The average Bonchev–Trinajstić information content (AvgIpc) is 1.54. The molecule has 5 aliphatic rings. The molecule has 3 aromatic carbocycles. The number of carbonyl (C=O) groups is 4. The normalized spacial score (nSPS) is 27.4. The molecule has 5 aliphatic heterocycles. The first-order valence-corrected chi connectivity index (χ1v) is 53.7. The van der Waals surface area contributed by atoms with Crippen molar-refractivity contribution in [2.24, 2.45) is 23.7 Å². The minimum atomic E-state index is -5.47. The second-order valence-corrected chi connectivity index (χ2v) is 43.5. The quantitative estimate of drug-likeness (QED) is 0.00577. The van der Waals surface area contributed by atoms with Gasteiger partial charge in [-0.3, -0.25) is 37.4 Å². The number of benzene rings is 3. The zero-order valence-corrected chi connectivity index (χ0v) is 81.9. The second-order valence-electron chi connectivity index (χ2n) is 34.7. The summed E-state index contributed by atoms with van der Waals surface area (Å²) >= 11 is 10.2. The predicted octanol–water partition coefficient (Wildman–Crippen LogP) is 14.9. The highest BCUT2D eigenvalue weighted by Gasteiger charge is 2.58. The summed E-state index contributed by atoms with van der Waals surface area (Å²) in [5, 5.41) is 25.1. The number of anilines is 2. The third-order valence-corrected chi connectivity index (χ3v) is 31.4. The van der Waals surface area contributed by atoms with Gasteiger partial charge in [0.2, 0.25) is 12.6 Å². The number of fused-ring (bicyclic) bond motifs is 3. The number of alkyl halides is 2. The molecule has 0 bridgehead atoms. The molecule has 0 radical (unpaired) electrons. The first-order valence-electron chi connectivity index (χ1n) is 45.5. The Morgan fingerprint density at radius 2 is 0.910 bits per heavy atom. The molecular weight excluding hydrogens is 1870 g/mol. The van der Waals surface area contributed by atoms with Crippen LogP contribution in [0.3, 0.4) is 0 Å². The minimum Gasteiger partial charge on any atom is -0.462 e. The number of hydrogen-bond acceptors (Lipinski definition) is 34. The topological polar surface area (TPSA) is 497 Å². The van der Waals surface area contributed by atoms with Crippen molar-refractivity contribution >= 4 is 111 Å². The van der Waals surface area contributed by atoms with E-state index in [1.54, 1.807) is 52.4 Å². The summed E-state index contributed by atoms with van der Waals surface area (Å²) < 4.78 is 151. The van der Waals surface area contributed by atoms with Gasteiger partial charge in [-0.15, -0.1) is 0 Å². The van der Waals surface area contributed by atoms with Crippen LogP contribution in [0.4, 0.5) is 20.4 Å². The molecule has 0 amide bonds. The number of aliphatic hydroxyl groups excluding tert-OH is 2. The van der Waals surface area contributed by atoms with Crippen LogP contribution in [0, 0.1) is 23.7 Å². The van der Waals surface area contributed by atoms with E-state index in [4.69, 9.17) is 113 Å². The number of esters is 4. The fourth-order valence-corrected chi connectivity index (χ4v) is 23.3. The summed E-state index contributed by atoms with van der Waals surface area (Å²) in [6.07, 6.45) is 2.48. The van der Waals surface area contributed by atoms with Gasteiger partial charge in [0.25, 0.3) is 0 Å². The molecule has 24 atom stereocenters. The molecule has 5 fully saturated rings. The van der Waals surface area contributed by atoms with Crippen molar-refractivity contribution in [3.63, 3.8) is 0 Å². The number of rotatable bonds is 49. The zero-order valence-electron chi connectivity index (χ0n) is 76.7. The highest BCUT2D eigenvalue weighted by Crippen LogP contribution is 2.64. The molecule has 7 aromatic rings. The van der Waals surface area contributed by atoms with E-state index < -0.39 is 213 Å². The van der Waals surface area contributed by atoms with Gasteiger partial charge in [0.15, 0.2) is 71.2 Å². The molecule has 12 rings (SSSR count). The van der Waals surface area contributed by atoms with Crippen molar-refractivity contribution in [1.29, 1.82) is 0 Å². The monoisotopic (exact) mass is 2000 g/mol. The molecule has 9 N–H and O–H groups in total. The Bertz CT molecular complexity index is 5060. The summed E-state index contributed by atoms with van der Waals surface area (Å²) in [6, 6.07) is 30.1. The summed E-state index contributed by atoms with van der Waals surface area (Å²) in [5.74, 6) is -6.10. The van der Waals surface area contributed by atoms with E-state index in [1.165, 1.54) is 74.9 Å². The molecule has 46 heteroatoms. The van der Waals surface area contributed by atoms with Gasteiger partial charge in [0.05, 0.1) is 38.1 Å². The Morgan fingerprint density at radius 3 is 1.35 bits per heavy atom. The molecule has 742 valence electrons. The number of nitrogens with zero attached hydrogens (tertiary/aromatic N) is 8. The van der Waals surface area contributed by atoms with Gasteiger partial charge < -0.3 is 97.3 Å². The smallest absolute Gasteiger partial charge is 0.462 e. The maximum absolute atomic E-state index is 15.9. The van der Waals surface area contributed by atoms with Crippen LogP contribution >= 0.6 is 29.1 Å². The fraction of sp³-hybridized carbons (Fsp3) is 0.636. The number of unbranched alkanes of at least 4 members (excludes halogenated alkanes) is 16. The van der Waals surface area contributed by atoms with E-state index in [0.29, 0.717) is 29.8 Å². The molecule has 5 saturated heterocycles. The molecule has 4 aromatic heterocycles. The third-order valence-electron chi connectivity index (χ3n) is 24.3. The number of aromatic nitrogens is 8. The average molecular weight is 2000 g/mol. The molecule has 134 heavy (non-hydrogen) atoms. The number of phosphoric acid groups is 2. The lowest BCUT2D eigenvalue weighted by Crippen LogP contribution is -2.55. The molecule has 0 spiro atoms. The number of halogens is 2. The lowest BCUT2D eigenvalue weighted by molar-refractivity contribution is -0.262. The number of carbonyl (C=O) groups excluding carboxylic acids is 4. The van der Waals surface area contributed by atoms with Gasteiger partial charge in [-0.2, -0.15) is 0 Å². The Kier molecular flexibility index (Phi) is 39.6. The molecule has 38 nitrogen and oxygen atoms in total. The van der Waals surface area contributed by atoms with Crippen LogP contribution in [0.25, 0.3) is 22.3 Å². The van der Waals surface area contributed by atoms with E-state index in [9.17, 15) is 58.1 Å². The van der Waals surface area contributed by atoms with Crippen molar-refractivity contribution in [1.82, 2.24) is 39.0 Å². The first-order chi connectivity index (χ1) is 63.8. The highest BCUT2D eigenvalue weighted by atomic mass is 32.5. The van der Waals surface area contributed by atoms with Gasteiger partial charge >= 0.3 is 53.0 Å². The fourth-order valence-electron chi connectivity index (χ4n) is 17.2. The summed E-state index contributed by atoms with van der Waals surface area (Å²) in [4.78, 5) is 119. The van der Waals surface area contributed by atoms with E-state index in [0.717, 1.165) is 81.9 Å². The van der Waals surface area contributed by atoms with Crippen LogP contribution in [0.1, 0.15) is 227 Å². The molecule has 9 heterocycles. The van der Waals surface area contributed by atoms with Crippen LogP contribution in [-0.2, 0) is 132 Å². The van der Waals surface area contributed by atoms with Gasteiger partial charge in [-0.05, 0) is 78.8 Å². The second kappa shape index (κ2) is 49.3. The van der Waals surface area contributed by atoms with E-state index in [1.807, 2.05) is 54.6 Å².